The topological polar surface area (TPSA) is 151 Å². The number of nitriles is 1. The van der Waals surface area contributed by atoms with Gasteiger partial charge in [0.25, 0.3) is 0 Å². The number of nitrogens with one attached hydrogen (secondary N) is 2. The Balaban J connectivity index is 0.000000392. The van der Waals surface area contributed by atoms with Crippen LogP contribution < -0.4 is 15.5 Å². The van der Waals surface area contributed by atoms with Gasteiger partial charge in [0.2, 0.25) is 5.95 Å². The maximum Gasteiger partial charge on any atom is 0.490 e. The molecule has 5 rings (SSSR count). The highest BCUT2D eigenvalue weighted by atomic mass is 35.5. The standard InChI is InChI=1S/C28H31ClN6.2C2HF3O2/c29-24-17-23(13-12-21(24)18-30)35-16-6-9-22(19-35)32-26-10-4-5-11-27(26)34-28-31-15-14-25(33-28)20-7-2-1-3-8-20;2*3-2(4,5)1(6)7/h1-3,7-8,12-15,17,22,26-27,32H,4-6,9-11,16,19H2,(H,31,33,34);2*(H,6,7)/t22-,26+,27+;;/m0../s1. The van der Waals surface area contributed by atoms with E-state index in [9.17, 15) is 31.6 Å². The molecular weight excluding hydrogens is 682 g/mol. The summed E-state index contributed by atoms with van der Waals surface area (Å²) >= 11 is 6.30. The van der Waals surface area contributed by atoms with E-state index in [0.717, 1.165) is 55.7 Å². The normalized spacial score (nSPS) is 19.2. The van der Waals surface area contributed by atoms with Crippen molar-refractivity contribution in [3.8, 4) is 17.3 Å². The maximum atomic E-state index is 10.6. The molecule has 2 heterocycles. The Morgan fingerprint density at radius 3 is 2.08 bits per heavy atom. The third-order valence-electron chi connectivity index (χ3n) is 7.60. The fourth-order valence-corrected chi connectivity index (χ4v) is 5.53. The molecule has 1 aromatic heterocycles. The van der Waals surface area contributed by atoms with Crippen LogP contribution in [0.3, 0.4) is 0 Å². The van der Waals surface area contributed by atoms with E-state index in [1.165, 1.54) is 12.8 Å². The van der Waals surface area contributed by atoms with Gasteiger partial charge in [0, 0.05) is 48.7 Å². The number of rotatable bonds is 6. The molecular formula is C32H33ClF6N6O4. The smallest absolute Gasteiger partial charge is 0.475 e. The molecule has 0 bridgehead atoms. The summed E-state index contributed by atoms with van der Waals surface area (Å²) in [7, 11) is 0. The van der Waals surface area contributed by atoms with Crippen LogP contribution in [-0.2, 0) is 9.59 Å². The first kappa shape index (κ1) is 38.8. The molecule has 17 heteroatoms. The third kappa shape index (κ3) is 12.4. The lowest BCUT2D eigenvalue weighted by atomic mass is 9.89. The van der Waals surface area contributed by atoms with Crippen LogP contribution in [0.15, 0.2) is 60.8 Å². The molecule has 4 N–H and O–H groups in total. The molecule has 3 atom stereocenters. The quantitative estimate of drug-likeness (QED) is 0.198. The molecule has 0 unspecified atom stereocenters. The van der Waals surface area contributed by atoms with E-state index >= 15 is 0 Å². The number of aromatic nitrogens is 2. The minimum atomic E-state index is -5.08. The van der Waals surface area contributed by atoms with Gasteiger partial charge in [-0.2, -0.15) is 31.6 Å². The van der Waals surface area contributed by atoms with Crippen LogP contribution in [0.1, 0.15) is 44.1 Å². The van der Waals surface area contributed by atoms with Crippen LogP contribution in [0.25, 0.3) is 11.3 Å². The van der Waals surface area contributed by atoms with E-state index in [0.29, 0.717) is 34.7 Å². The number of carbonyl (C=O) groups is 2. The summed E-state index contributed by atoms with van der Waals surface area (Å²) in [5.74, 6) is -4.82. The van der Waals surface area contributed by atoms with Gasteiger partial charge in [-0.05, 0) is 49.9 Å². The Labute approximate surface area is 282 Å². The molecule has 1 saturated heterocycles. The lowest BCUT2D eigenvalue weighted by Gasteiger charge is -2.40. The molecule has 3 aromatic rings. The predicted octanol–water partition coefficient (Wildman–Crippen LogP) is 6.92. The second-order valence-corrected chi connectivity index (χ2v) is 11.5. The number of carboxylic acids is 2. The van der Waals surface area contributed by atoms with Crippen molar-refractivity contribution in [3.05, 3.63) is 71.4 Å². The number of halogens is 7. The summed E-state index contributed by atoms with van der Waals surface area (Å²) in [6.45, 7) is 1.94. The molecule has 2 aliphatic rings. The van der Waals surface area contributed by atoms with Gasteiger partial charge in [-0.3, -0.25) is 0 Å². The van der Waals surface area contributed by atoms with Crippen LogP contribution >= 0.6 is 11.6 Å². The van der Waals surface area contributed by atoms with Crippen molar-refractivity contribution < 1.29 is 46.1 Å². The van der Waals surface area contributed by atoms with Crippen molar-refractivity contribution in [1.29, 1.82) is 5.26 Å². The Kier molecular flexibility index (Phi) is 14.0. The molecule has 49 heavy (non-hydrogen) atoms. The molecule has 0 radical (unpaired) electrons. The van der Waals surface area contributed by atoms with Crippen molar-refractivity contribution in [2.75, 3.05) is 23.3 Å². The van der Waals surface area contributed by atoms with E-state index in [1.807, 2.05) is 48.7 Å². The molecule has 264 valence electrons. The first-order chi connectivity index (χ1) is 23.1. The minimum Gasteiger partial charge on any atom is -0.475 e. The zero-order chi connectivity index (χ0) is 36.2. The Hall–Kier alpha value is -4.62. The molecule has 1 aliphatic carbocycles. The highest BCUT2D eigenvalue weighted by Crippen LogP contribution is 2.28. The van der Waals surface area contributed by atoms with Crippen molar-refractivity contribution >= 4 is 35.2 Å². The maximum absolute atomic E-state index is 10.6. The number of benzene rings is 2. The lowest BCUT2D eigenvalue weighted by Crippen LogP contribution is -2.55. The number of aliphatic carboxylic acids is 2. The van der Waals surface area contributed by atoms with Gasteiger partial charge >= 0.3 is 24.3 Å². The van der Waals surface area contributed by atoms with Gasteiger partial charge in [-0.15, -0.1) is 0 Å². The Morgan fingerprint density at radius 1 is 0.898 bits per heavy atom. The fraction of sp³-hybridized carbons (Fsp3) is 0.406. The summed E-state index contributed by atoms with van der Waals surface area (Å²) in [4.78, 5) is 29.5. The number of carboxylic acid groups (broad SMARTS) is 2. The Bertz CT molecular complexity index is 1560. The van der Waals surface area contributed by atoms with E-state index in [1.54, 1.807) is 0 Å². The van der Waals surface area contributed by atoms with Crippen LogP contribution in [0, 0.1) is 11.3 Å². The first-order valence-electron chi connectivity index (χ1n) is 15.0. The van der Waals surface area contributed by atoms with E-state index in [2.05, 4.69) is 38.7 Å². The van der Waals surface area contributed by atoms with Gasteiger partial charge in [-0.25, -0.2) is 19.6 Å². The highest BCUT2D eigenvalue weighted by molar-refractivity contribution is 6.32. The summed E-state index contributed by atoms with van der Waals surface area (Å²) in [6, 6.07) is 21.2. The fourth-order valence-electron chi connectivity index (χ4n) is 5.31. The molecule has 0 amide bonds. The average Bonchev–Trinajstić information content (AvgIpc) is 3.06. The third-order valence-corrected chi connectivity index (χ3v) is 7.91. The van der Waals surface area contributed by atoms with Crippen molar-refractivity contribution in [1.82, 2.24) is 15.3 Å². The van der Waals surface area contributed by atoms with Gasteiger partial charge in [0.15, 0.2) is 0 Å². The second-order valence-electron chi connectivity index (χ2n) is 11.1. The van der Waals surface area contributed by atoms with Gasteiger partial charge in [0.1, 0.15) is 6.07 Å². The molecule has 1 aliphatic heterocycles. The monoisotopic (exact) mass is 714 g/mol. The number of piperidine rings is 1. The number of anilines is 2. The van der Waals surface area contributed by atoms with Crippen LogP contribution in [0.4, 0.5) is 38.0 Å². The zero-order valence-corrected chi connectivity index (χ0v) is 26.6. The lowest BCUT2D eigenvalue weighted by molar-refractivity contribution is -0.193. The van der Waals surface area contributed by atoms with Gasteiger partial charge < -0.3 is 25.7 Å². The average molecular weight is 715 g/mol. The largest absolute Gasteiger partial charge is 0.490 e. The minimum absolute atomic E-state index is 0.300. The number of hydrogen-bond donors (Lipinski definition) is 4. The van der Waals surface area contributed by atoms with Crippen LogP contribution in [0.2, 0.25) is 5.02 Å². The first-order valence-corrected chi connectivity index (χ1v) is 15.4. The van der Waals surface area contributed by atoms with Crippen molar-refractivity contribution in [3.63, 3.8) is 0 Å². The summed E-state index contributed by atoms with van der Waals surface area (Å²) < 4.78 is 63.5. The van der Waals surface area contributed by atoms with Gasteiger partial charge in [-0.1, -0.05) is 54.8 Å². The number of alkyl halides is 6. The van der Waals surface area contributed by atoms with Crippen LogP contribution in [0.5, 0.6) is 0 Å². The van der Waals surface area contributed by atoms with Crippen molar-refractivity contribution in [2.45, 2.75) is 69.0 Å². The summed E-state index contributed by atoms with van der Waals surface area (Å²) in [6.07, 6.45) is -1.33. The zero-order valence-electron chi connectivity index (χ0n) is 25.8. The summed E-state index contributed by atoms with van der Waals surface area (Å²) in [5, 5.41) is 31.6. The predicted molar refractivity (Wildman–Crippen MR) is 169 cm³/mol. The number of hydrogen-bond acceptors (Lipinski definition) is 8. The highest BCUT2D eigenvalue weighted by Gasteiger charge is 2.39. The van der Waals surface area contributed by atoms with E-state index in [-0.39, 0.29) is 0 Å². The molecule has 1 saturated carbocycles. The second kappa shape index (κ2) is 17.7. The van der Waals surface area contributed by atoms with Crippen LogP contribution in [-0.4, -0.2) is 75.7 Å². The summed E-state index contributed by atoms with van der Waals surface area (Å²) in [5.41, 5.74) is 3.65. The van der Waals surface area contributed by atoms with Gasteiger partial charge in [0.05, 0.1) is 16.3 Å². The van der Waals surface area contributed by atoms with E-state index < -0.39 is 24.3 Å². The molecule has 0 spiro atoms. The molecule has 10 nitrogen and oxygen atoms in total. The SMILES string of the molecule is N#Cc1ccc(N2CCC[C@H](N[C@@H]3CCCC[C@H]3Nc3nccc(-c4ccccc4)n3)C2)cc1Cl.O=C(O)C(F)(F)F.O=C(O)C(F)(F)F. The van der Waals surface area contributed by atoms with E-state index in [4.69, 9.17) is 36.4 Å². The van der Waals surface area contributed by atoms with Crippen molar-refractivity contribution in [2.24, 2.45) is 0 Å². The molecule has 2 fully saturated rings. The number of nitrogens with zero attached hydrogens (tertiary/aromatic N) is 4. The molecule has 2 aromatic carbocycles. The Morgan fingerprint density at radius 2 is 1.51 bits per heavy atom.